The van der Waals surface area contributed by atoms with E-state index in [2.05, 4.69) is 25.3 Å². The molecule has 1 atom stereocenters. The van der Waals surface area contributed by atoms with Crippen LogP contribution in [0.25, 0.3) is 21.7 Å². The van der Waals surface area contributed by atoms with Gasteiger partial charge >= 0.3 is 12.3 Å². The molecule has 0 aliphatic rings. The summed E-state index contributed by atoms with van der Waals surface area (Å²) < 4.78 is 73.5. The number of ether oxygens (including phenoxy) is 2. The van der Waals surface area contributed by atoms with E-state index in [4.69, 9.17) is 4.74 Å². The minimum atomic E-state index is -5.19. The molecule has 0 aliphatic heterocycles. The largest absolute Gasteiger partial charge is 0.573 e. The predicted octanol–water partition coefficient (Wildman–Crippen LogP) is 6.05. The van der Waals surface area contributed by atoms with Crippen molar-refractivity contribution in [3.05, 3.63) is 71.6 Å². The van der Waals surface area contributed by atoms with Gasteiger partial charge in [-0.1, -0.05) is 6.07 Å². The molecule has 2 aromatic heterocycles. The van der Waals surface area contributed by atoms with Crippen LogP contribution in [0.3, 0.4) is 0 Å². The minimum absolute atomic E-state index is 0.0676. The lowest BCUT2D eigenvalue weighted by atomic mass is 10.1. The molecule has 0 spiro atoms. The average molecular weight is 579 g/mol. The fourth-order valence-corrected chi connectivity index (χ4v) is 4.24. The first-order valence-corrected chi connectivity index (χ1v) is 12.7. The second-order valence-corrected chi connectivity index (χ2v) is 9.36. The van der Waals surface area contributed by atoms with E-state index in [0.717, 1.165) is 28.3 Å². The topological polar surface area (TPSA) is 106 Å². The first-order valence-electron chi connectivity index (χ1n) is 12.7. The van der Waals surface area contributed by atoms with Crippen molar-refractivity contribution >= 4 is 33.5 Å². The van der Waals surface area contributed by atoms with Gasteiger partial charge in [-0.15, -0.1) is 13.2 Å². The molecule has 0 unspecified atom stereocenters. The Labute approximate surface area is 231 Å². The number of aromatic nitrogens is 2. The summed E-state index contributed by atoms with van der Waals surface area (Å²) in [5, 5.41) is 18.1. The molecule has 4 rings (SSSR count). The quantitative estimate of drug-likeness (QED) is 0.100. The second-order valence-electron chi connectivity index (χ2n) is 9.36. The van der Waals surface area contributed by atoms with E-state index in [1.807, 2.05) is 13.0 Å². The van der Waals surface area contributed by atoms with E-state index in [9.17, 15) is 31.9 Å². The zero-order chi connectivity index (χ0) is 29.6. The Morgan fingerprint density at radius 1 is 1.05 bits per heavy atom. The molecule has 2 aromatic carbocycles. The van der Waals surface area contributed by atoms with E-state index in [-0.39, 0.29) is 23.7 Å². The molecule has 3 N–H and O–H groups in total. The number of benzene rings is 2. The molecule has 4 aromatic rings. The predicted molar refractivity (Wildman–Crippen MR) is 142 cm³/mol. The van der Waals surface area contributed by atoms with Crippen molar-refractivity contribution in [2.24, 2.45) is 0 Å². The number of carboxylic acids is 1. The van der Waals surface area contributed by atoms with Crippen LogP contribution in [0.4, 0.5) is 27.8 Å². The van der Waals surface area contributed by atoms with Gasteiger partial charge in [0.2, 0.25) is 5.75 Å². The van der Waals surface area contributed by atoms with E-state index in [1.165, 1.54) is 12.1 Å². The fraction of sp³-hybridized carbons (Fsp3) is 0.321. The molecule has 0 saturated carbocycles. The summed E-state index contributed by atoms with van der Waals surface area (Å²) in [4.78, 5) is 20.2. The van der Waals surface area contributed by atoms with Gasteiger partial charge in [0.25, 0.3) is 0 Å². The number of pyridine rings is 2. The summed E-state index contributed by atoms with van der Waals surface area (Å²) in [6, 6.07) is 8.09. The number of rotatable bonds is 13. The summed E-state index contributed by atoms with van der Waals surface area (Å²) in [5.74, 6) is -4.78. The molecule has 0 radical (unpaired) electrons. The van der Waals surface area contributed by atoms with Gasteiger partial charge in [0.05, 0.1) is 17.7 Å². The SMILES string of the molecule is C[C@H](COCCCCNCc1cc(F)c(OC(F)(F)F)c(F)c1)Nc1nc2cc(C(=O)O)ccc2c2cnccc12. The number of halogens is 5. The third-order valence-electron chi connectivity index (χ3n) is 6.09. The van der Waals surface area contributed by atoms with Crippen LogP contribution in [0.1, 0.15) is 35.7 Å². The summed E-state index contributed by atoms with van der Waals surface area (Å²) in [6.45, 7) is 3.33. The molecule has 0 fully saturated rings. The highest BCUT2D eigenvalue weighted by Gasteiger charge is 2.34. The zero-order valence-electron chi connectivity index (χ0n) is 21.9. The minimum Gasteiger partial charge on any atom is -0.478 e. The molecule has 0 bridgehead atoms. The van der Waals surface area contributed by atoms with Gasteiger partial charge in [-0.2, -0.15) is 0 Å². The maximum absolute atomic E-state index is 13.8. The Hall–Kier alpha value is -4.10. The first kappa shape index (κ1) is 29.9. The van der Waals surface area contributed by atoms with Crippen LogP contribution < -0.4 is 15.4 Å². The average Bonchev–Trinajstić information content (AvgIpc) is 2.91. The van der Waals surface area contributed by atoms with E-state index >= 15 is 0 Å². The Kier molecular flexibility index (Phi) is 9.50. The van der Waals surface area contributed by atoms with E-state index in [1.54, 1.807) is 18.5 Å². The standard InChI is InChI=1S/C28H27F5N4O4/c1-16(36-26-20-6-8-35-14-21(20)19-5-4-18(27(38)39)12-24(19)37-26)15-40-9-3-2-7-34-13-17-10-22(29)25(23(30)11-17)41-28(31,32)33/h4-6,8,10-12,14,16,34H,2-3,7,9,13,15H2,1H3,(H,36,37)(H,38,39)/t16-/m1/s1. The van der Waals surface area contributed by atoms with E-state index in [0.29, 0.717) is 43.9 Å². The van der Waals surface area contributed by atoms with Crippen molar-refractivity contribution in [1.29, 1.82) is 0 Å². The zero-order valence-corrected chi connectivity index (χ0v) is 21.9. The number of alkyl halides is 3. The number of hydrogen-bond acceptors (Lipinski definition) is 7. The first-order chi connectivity index (χ1) is 19.5. The highest BCUT2D eigenvalue weighted by Crippen LogP contribution is 2.30. The van der Waals surface area contributed by atoms with Crippen LogP contribution in [-0.4, -0.2) is 53.2 Å². The summed E-state index contributed by atoms with van der Waals surface area (Å²) in [7, 11) is 0. The van der Waals surface area contributed by atoms with Crippen molar-refractivity contribution in [1.82, 2.24) is 15.3 Å². The van der Waals surface area contributed by atoms with Crippen molar-refractivity contribution < 1.29 is 41.3 Å². The number of hydrogen-bond donors (Lipinski definition) is 3. The highest BCUT2D eigenvalue weighted by molar-refractivity contribution is 6.10. The number of fused-ring (bicyclic) bond motifs is 3. The lowest BCUT2D eigenvalue weighted by Gasteiger charge is -2.17. The molecular weight excluding hydrogens is 551 g/mol. The van der Waals surface area contributed by atoms with Crippen LogP contribution in [0.2, 0.25) is 0 Å². The summed E-state index contributed by atoms with van der Waals surface area (Å²) >= 11 is 0. The van der Waals surface area contributed by atoms with Crippen molar-refractivity contribution in [3.63, 3.8) is 0 Å². The van der Waals surface area contributed by atoms with Gasteiger partial charge in [-0.05, 0) is 62.2 Å². The fourth-order valence-electron chi connectivity index (χ4n) is 4.24. The van der Waals surface area contributed by atoms with Crippen LogP contribution in [-0.2, 0) is 11.3 Å². The van der Waals surface area contributed by atoms with Crippen LogP contribution in [0, 0.1) is 11.6 Å². The number of carbonyl (C=O) groups is 1. The number of nitrogens with one attached hydrogen (secondary N) is 2. The van der Waals surface area contributed by atoms with Crippen LogP contribution >= 0.6 is 0 Å². The molecule has 218 valence electrons. The Bertz CT molecular complexity index is 1510. The Balaban J connectivity index is 1.22. The third kappa shape index (κ3) is 7.98. The number of carboxylic acid groups (broad SMARTS) is 1. The summed E-state index contributed by atoms with van der Waals surface area (Å²) in [6.07, 6.45) is -0.430. The Morgan fingerprint density at radius 2 is 1.80 bits per heavy atom. The van der Waals surface area contributed by atoms with Crippen molar-refractivity contribution in [2.75, 3.05) is 25.1 Å². The van der Waals surface area contributed by atoms with Gasteiger partial charge in [-0.25, -0.2) is 18.6 Å². The summed E-state index contributed by atoms with van der Waals surface area (Å²) in [5.41, 5.74) is 0.817. The molecule has 0 saturated heterocycles. The van der Waals surface area contributed by atoms with Gasteiger partial charge in [0.15, 0.2) is 11.6 Å². The molecule has 8 nitrogen and oxygen atoms in total. The normalized spacial score (nSPS) is 12.5. The van der Waals surface area contributed by atoms with Crippen LogP contribution in [0.5, 0.6) is 5.75 Å². The highest BCUT2D eigenvalue weighted by atomic mass is 19.4. The molecule has 0 amide bonds. The Morgan fingerprint density at radius 3 is 2.51 bits per heavy atom. The molecular formula is C28H27F5N4O4. The number of unbranched alkanes of at least 4 members (excludes halogenated alkanes) is 1. The molecule has 13 heteroatoms. The maximum atomic E-state index is 13.8. The second kappa shape index (κ2) is 13.0. The van der Waals surface area contributed by atoms with Gasteiger partial charge in [0.1, 0.15) is 5.82 Å². The third-order valence-corrected chi connectivity index (χ3v) is 6.09. The molecule has 2 heterocycles. The van der Waals surface area contributed by atoms with Gasteiger partial charge < -0.3 is 25.2 Å². The number of nitrogens with zero attached hydrogens (tertiary/aromatic N) is 2. The molecule has 41 heavy (non-hydrogen) atoms. The van der Waals surface area contributed by atoms with E-state index < -0.39 is 29.7 Å². The molecule has 0 aliphatic carbocycles. The lowest BCUT2D eigenvalue weighted by molar-refractivity contribution is -0.276. The smallest absolute Gasteiger partial charge is 0.478 e. The number of aromatic carboxylic acids is 1. The van der Waals surface area contributed by atoms with Gasteiger partial charge in [0, 0.05) is 47.7 Å². The lowest BCUT2D eigenvalue weighted by Crippen LogP contribution is -2.23. The van der Waals surface area contributed by atoms with Crippen molar-refractivity contribution in [3.8, 4) is 5.75 Å². The van der Waals surface area contributed by atoms with Crippen LogP contribution in [0.15, 0.2) is 48.8 Å². The van der Waals surface area contributed by atoms with Gasteiger partial charge in [-0.3, -0.25) is 4.98 Å². The van der Waals surface area contributed by atoms with Crippen molar-refractivity contribution in [2.45, 2.75) is 38.7 Å². The maximum Gasteiger partial charge on any atom is 0.573 e. The number of anilines is 1. The monoisotopic (exact) mass is 578 g/mol.